The number of amides is 1. The van der Waals surface area contributed by atoms with Crippen LogP contribution in [0.1, 0.15) is 75.0 Å². The second-order valence-corrected chi connectivity index (χ2v) is 13.6. The van der Waals surface area contributed by atoms with Gasteiger partial charge in [-0.25, -0.2) is 0 Å². The molecule has 2 saturated carbocycles. The standard InChI is InChI=1S/C37H46Cl2N2O7/c1-2-41(22-33(44)36(46)32(43)14-18-42)35(45)10-6-3-7-24-19-31(39)25(20-30(24)38)23-47-37(15-16-37)29-21-40-17-13-27(29)28-8-4-5-9-34(28)48-26-11-12-26/h4-5,8-9,13,17,19-21,26,32-33,36,42-44,46H,2-3,6-7,10-12,14-16,18,22-23H2,1H3. The third-order valence-corrected chi connectivity index (χ3v) is 9.88. The van der Waals surface area contributed by atoms with Crippen LogP contribution in [0.4, 0.5) is 0 Å². The summed E-state index contributed by atoms with van der Waals surface area (Å²) < 4.78 is 12.8. The number of nitrogens with zero attached hydrogens (tertiary/aromatic N) is 2. The smallest absolute Gasteiger partial charge is 0.222 e. The molecule has 4 N–H and O–H groups in total. The second-order valence-electron chi connectivity index (χ2n) is 12.8. The molecular weight excluding hydrogens is 655 g/mol. The Balaban J connectivity index is 1.15. The number of halogens is 2. The lowest BCUT2D eigenvalue weighted by atomic mass is 9.96. The van der Waals surface area contributed by atoms with Crippen molar-refractivity contribution in [1.82, 2.24) is 9.88 Å². The molecule has 0 saturated heterocycles. The van der Waals surface area contributed by atoms with Crippen LogP contribution in [0.2, 0.25) is 10.0 Å². The highest BCUT2D eigenvalue weighted by molar-refractivity contribution is 6.34. The predicted octanol–water partition coefficient (Wildman–Crippen LogP) is 5.83. The quantitative estimate of drug-likeness (QED) is 0.115. The minimum atomic E-state index is -1.45. The van der Waals surface area contributed by atoms with E-state index in [9.17, 15) is 20.1 Å². The maximum Gasteiger partial charge on any atom is 0.222 e. The first-order chi connectivity index (χ1) is 23.2. The van der Waals surface area contributed by atoms with Crippen LogP contribution in [0.3, 0.4) is 0 Å². The average Bonchev–Trinajstić information content (AvgIpc) is 4.03. The molecule has 2 fully saturated rings. The molecule has 0 aliphatic heterocycles. The van der Waals surface area contributed by atoms with Crippen molar-refractivity contribution in [2.24, 2.45) is 0 Å². The molecule has 2 aliphatic rings. The average molecular weight is 702 g/mol. The predicted molar refractivity (Wildman–Crippen MR) is 185 cm³/mol. The van der Waals surface area contributed by atoms with E-state index in [2.05, 4.69) is 11.1 Å². The van der Waals surface area contributed by atoms with Gasteiger partial charge in [-0.1, -0.05) is 41.4 Å². The molecule has 3 unspecified atom stereocenters. The third-order valence-electron chi connectivity index (χ3n) is 9.17. The van der Waals surface area contributed by atoms with Crippen LogP contribution in [-0.4, -0.2) is 80.3 Å². The van der Waals surface area contributed by atoms with Gasteiger partial charge in [-0.15, -0.1) is 0 Å². The van der Waals surface area contributed by atoms with Gasteiger partial charge < -0.3 is 34.8 Å². The molecule has 48 heavy (non-hydrogen) atoms. The number of carbonyl (C=O) groups is 1. The summed E-state index contributed by atoms with van der Waals surface area (Å²) in [6.07, 6.45) is 6.03. The van der Waals surface area contributed by atoms with E-state index in [-0.39, 0.29) is 38.0 Å². The fourth-order valence-corrected chi connectivity index (χ4v) is 6.47. The number of ether oxygens (including phenoxy) is 2. The summed E-state index contributed by atoms with van der Waals surface area (Å²) in [6.45, 7) is 2.03. The molecule has 0 bridgehead atoms. The fourth-order valence-electron chi connectivity index (χ4n) is 5.95. The Kier molecular flexibility index (Phi) is 12.8. The summed E-state index contributed by atoms with van der Waals surface area (Å²) in [5, 5.41) is 40.3. The number of aromatic nitrogens is 1. The van der Waals surface area contributed by atoms with Gasteiger partial charge in [0.25, 0.3) is 0 Å². The minimum absolute atomic E-state index is 0.0577. The number of likely N-dealkylation sites (N-methyl/N-ethyl adjacent to an activating group) is 1. The van der Waals surface area contributed by atoms with E-state index >= 15 is 0 Å². The van der Waals surface area contributed by atoms with Crippen molar-refractivity contribution in [3.63, 3.8) is 0 Å². The topological polar surface area (TPSA) is 133 Å². The van der Waals surface area contributed by atoms with Crippen LogP contribution >= 0.6 is 23.2 Å². The molecule has 260 valence electrons. The number of hydrogen-bond acceptors (Lipinski definition) is 8. The van der Waals surface area contributed by atoms with Crippen LogP contribution in [-0.2, 0) is 28.2 Å². The first-order valence-corrected chi connectivity index (χ1v) is 17.7. The molecule has 1 aromatic heterocycles. The molecule has 1 heterocycles. The maximum absolute atomic E-state index is 12.8. The zero-order valence-electron chi connectivity index (χ0n) is 27.4. The van der Waals surface area contributed by atoms with E-state index in [1.54, 1.807) is 13.1 Å². The van der Waals surface area contributed by atoms with Gasteiger partial charge in [-0.05, 0) is 99.2 Å². The normalized spacial score (nSPS) is 17.1. The first kappa shape index (κ1) is 36.5. The minimum Gasteiger partial charge on any atom is -0.490 e. The number of aryl methyl sites for hydroxylation is 1. The molecule has 2 aromatic carbocycles. The molecule has 9 nitrogen and oxygen atoms in total. The zero-order valence-corrected chi connectivity index (χ0v) is 28.9. The molecule has 1 amide bonds. The molecule has 0 spiro atoms. The van der Waals surface area contributed by atoms with E-state index in [4.69, 9.17) is 37.8 Å². The monoisotopic (exact) mass is 700 g/mol. The summed E-state index contributed by atoms with van der Waals surface area (Å²) in [7, 11) is 0. The van der Waals surface area contributed by atoms with Crippen molar-refractivity contribution >= 4 is 29.1 Å². The number of benzene rings is 2. The Hall–Kier alpha value is -2.76. The summed E-state index contributed by atoms with van der Waals surface area (Å²) in [5.41, 5.74) is 4.37. The van der Waals surface area contributed by atoms with E-state index in [1.165, 1.54) is 4.90 Å². The first-order valence-electron chi connectivity index (χ1n) is 16.9. The summed E-state index contributed by atoms with van der Waals surface area (Å²) in [6, 6.07) is 13.9. The number of pyridine rings is 1. The molecule has 2 aliphatic carbocycles. The number of hydrogen-bond donors (Lipinski definition) is 4. The molecule has 0 radical (unpaired) electrons. The van der Waals surface area contributed by atoms with E-state index < -0.39 is 23.9 Å². The summed E-state index contributed by atoms with van der Waals surface area (Å²) in [5.74, 6) is 0.729. The van der Waals surface area contributed by atoms with Gasteiger partial charge in [0.15, 0.2) is 0 Å². The van der Waals surface area contributed by atoms with Gasteiger partial charge >= 0.3 is 0 Å². The van der Waals surface area contributed by atoms with Gasteiger partial charge in [0.2, 0.25) is 5.91 Å². The number of rotatable bonds is 19. The zero-order chi connectivity index (χ0) is 34.3. The number of aliphatic hydroxyl groups excluding tert-OH is 4. The van der Waals surface area contributed by atoms with Crippen molar-refractivity contribution in [2.45, 2.75) is 101 Å². The highest BCUT2D eigenvalue weighted by atomic mass is 35.5. The third kappa shape index (κ3) is 9.27. The Morgan fingerprint density at radius 2 is 1.75 bits per heavy atom. The largest absolute Gasteiger partial charge is 0.490 e. The molecule has 11 heteroatoms. The number of unbranched alkanes of at least 4 members (excludes halogenated alkanes) is 1. The lowest BCUT2D eigenvalue weighted by molar-refractivity contribution is -0.135. The number of carbonyl (C=O) groups excluding carboxylic acids is 1. The van der Waals surface area contributed by atoms with E-state index in [0.717, 1.165) is 59.3 Å². The Labute approximate surface area is 292 Å². The highest BCUT2D eigenvalue weighted by Gasteiger charge is 2.48. The second kappa shape index (κ2) is 16.8. The molecular formula is C37H46Cl2N2O7. The highest BCUT2D eigenvalue weighted by Crippen LogP contribution is 2.53. The van der Waals surface area contributed by atoms with Crippen LogP contribution in [0, 0.1) is 0 Å². The number of para-hydroxylation sites is 1. The van der Waals surface area contributed by atoms with Gasteiger partial charge in [-0.2, -0.15) is 0 Å². The van der Waals surface area contributed by atoms with Crippen LogP contribution < -0.4 is 4.74 Å². The van der Waals surface area contributed by atoms with Gasteiger partial charge in [0, 0.05) is 59.7 Å². The Morgan fingerprint density at radius 1 is 1.02 bits per heavy atom. The lowest BCUT2D eigenvalue weighted by Gasteiger charge is -2.28. The van der Waals surface area contributed by atoms with Gasteiger partial charge in [-0.3, -0.25) is 9.78 Å². The molecule has 3 aromatic rings. The molecule has 5 rings (SSSR count). The van der Waals surface area contributed by atoms with Crippen molar-refractivity contribution in [2.75, 3.05) is 19.7 Å². The summed E-state index contributed by atoms with van der Waals surface area (Å²) >= 11 is 13.4. The molecule has 3 atom stereocenters. The van der Waals surface area contributed by atoms with E-state index in [0.29, 0.717) is 42.5 Å². The van der Waals surface area contributed by atoms with Gasteiger partial charge in [0.05, 0.1) is 30.5 Å². The summed E-state index contributed by atoms with van der Waals surface area (Å²) in [4.78, 5) is 18.7. The SMILES string of the molecule is CCN(CC(O)C(O)C(O)CCO)C(=O)CCCCc1cc(Cl)c(COC2(c3cnccc3-c3ccccc3OC3CC3)CC2)cc1Cl. The number of aliphatic hydroxyl groups is 4. The van der Waals surface area contributed by atoms with Crippen LogP contribution in [0.25, 0.3) is 11.1 Å². The lowest BCUT2D eigenvalue weighted by Crippen LogP contribution is -2.46. The van der Waals surface area contributed by atoms with Crippen molar-refractivity contribution in [3.05, 3.63) is 81.6 Å². The van der Waals surface area contributed by atoms with E-state index in [1.807, 2.05) is 42.6 Å². The fraction of sp³-hybridized carbons (Fsp3) is 0.514. The van der Waals surface area contributed by atoms with Crippen LogP contribution in [0.15, 0.2) is 54.9 Å². The Morgan fingerprint density at radius 3 is 2.46 bits per heavy atom. The van der Waals surface area contributed by atoms with Gasteiger partial charge in [0.1, 0.15) is 11.9 Å². The maximum atomic E-state index is 12.8. The van der Waals surface area contributed by atoms with Crippen molar-refractivity contribution < 1.29 is 34.7 Å². The van der Waals surface area contributed by atoms with Crippen molar-refractivity contribution in [3.8, 4) is 16.9 Å². The van der Waals surface area contributed by atoms with Crippen molar-refractivity contribution in [1.29, 1.82) is 0 Å². The Bertz CT molecular complexity index is 1530. The van der Waals surface area contributed by atoms with Crippen LogP contribution in [0.5, 0.6) is 5.75 Å².